The molecule has 0 aliphatic carbocycles. The first-order valence-corrected chi connectivity index (χ1v) is 6.61. The quantitative estimate of drug-likeness (QED) is 0.719. The fraction of sp³-hybridized carbons (Fsp3) is 0.533. The summed E-state index contributed by atoms with van der Waals surface area (Å²) in [5.41, 5.74) is 1.10. The van der Waals surface area contributed by atoms with Crippen molar-refractivity contribution in [3.05, 3.63) is 35.9 Å². The molecule has 0 unspecified atom stereocenters. The molecule has 3 nitrogen and oxygen atoms in total. The van der Waals surface area contributed by atoms with E-state index >= 15 is 0 Å². The smallest absolute Gasteiger partial charge is 0.227 e. The van der Waals surface area contributed by atoms with Gasteiger partial charge >= 0.3 is 0 Å². The monoisotopic (exact) mass is 249 g/mol. The molecule has 0 saturated carbocycles. The van der Waals surface area contributed by atoms with Crippen molar-refractivity contribution < 1.29 is 9.53 Å². The van der Waals surface area contributed by atoms with E-state index in [0.29, 0.717) is 13.2 Å². The lowest BCUT2D eigenvalue weighted by molar-refractivity contribution is -0.122. The second kappa shape index (κ2) is 8.70. The summed E-state index contributed by atoms with van der Waals surface area (Å²) in [6, 6.07) is 9.99. The van der Waals surface area contributed by atoms with Gasteiger partial charge in [0.1, 0.15) is 0 Å². The predicted molar refractivity (Wildman–Crippen MR) is 73.6 cm³/mol. The van der Waals surface area contributed by atoms with Gasteiger partial charge in [0.2, 0.25) is 5.91 Å². The lowest BCUT2D eigenvalue weighted by Gasteiger charge is -2.16. The van der Waals surface area contributed by atoms with Crippen molar-refractivity contribution in [1.29, 1.82) is 0 Å². The molecular formula is C15H23NO2. The number of methoxy groups -OCH3 is 1. The highest BCUT2D eigenvalue weighted by Crippen LogP contribution is 2.21. The van der Waals surface area contributed by atoms with Crippen LogP contribution in [0, 0.1) is 0 Å². The van der Waals surface area contributed by atoms with Crippen molar-refractivity contribution in [3.8, 4) is 0 Å². The van der Waals surface area contributed by atoms with Crippen LogP contribution in [0.4, 0.5) is 0 Å². The van der Waals surface area contributed by atoms with Gasteiger partial charge in [-0.3, -0.25) is 4.79 Å². The summed E-state index contributed by atoms with van der Waals surface area (Å²) in [7, 11) is 1.67. The first kappa shape index (κ1) is 14.7. The molecule has 0 spiro atoms. The Morgan fingerprint density at radius 1 is 1.33 bits per heavy atom. The predicted octanol–water partition coefficient (Wildman–Crippen LogP) is 2.72. The molecule has 1 N–H and O–H groups in total. The minimum Gasteiger partial charge on any atom is -0.385 e. The van der Waals surface area contributed by atoms with Crippen LogP contribution in [-0.4, -0.2) is 26.2 Å². The third-order valence-corrected chi connectivity index (χ3v) is 2.92. The van der Waals surface area contributed by atoms with Crippen LogP contribution in [-0.2, 0) is 9.53 Å². The highest BCUT2D eigenvalue weighted by atomic mass is 16.5. The Morgan fingerprint density at radius 3 is 2.67 bits per heavy atom. The van der Waals surface area contributed by atoms with Crippen LogP contribution in [0.5, 0.6) is 0 Å². The summed E-state index contributed by atoms with van der Waals surface area (Å²) >= 11 is 0. The van der Waals surface area contributed by atoms with E-state index in [4.69, 9.17) is 4.74 Å². The molecule has 100 valence electrons. The van der Waals surface area contributed by atoms with Gasteiger partial charge in [-0.2, -0.15) is 0 Å². The molecule has 1 aromatic rings. The summed E-state index contributed by atoms with van der Waals surface area (Å²) in [5.74, 6) is 0.0953. The van der Waals surface area contributed by atoms with Crippen molar-refractivity contribution in [3.63, 3.8) is 0 Å². The molecule has 1 aromatic carbocycles. The molecular weight excluding hydrogens is 226 g/mol. The zero-order chi connectivity index (χ0) is 13.2. The lowest BCUT2D eigenvalue weighted by Crippen LogP contribution is -2.30. The van der Waals surface area contributed by atoms with Gasteiger partial charge < -0.3 is 10.1 Å². The number of hydrogen-bond donors (Lipinski definition) is 1. The summed E-state index contributed by atoms with van der Waals surface area (Å²) in [4.78, 5) is 12.1. The molecule has 0 aromatic heterocycles. The molecule has 0 aliphatic rings. The Hall–Kier alpha value is -1.35. The van der Waals surface area contributed by atoms with Crippen molar-refractivity contribution in [2.24, 2.45) is 0 Å². The molecule has 0 bridgehead atoms. The Labute approximate surface area is 110 Å². The van der Waals surface area contributed by atoms with Crippen molar-refractivity contribution in [2.45, 2.75) is 32.1 Å². The van der Waals surface area contributed by atoms with Gasteiger partial charge in [0.25, 0.3) is 0 Å². The van der Waals surface area contributed by atoms with Crippen LogP contribution in [0.15, 0.2) is 30.3 Å². The van der Waals surface area contributed by atoms with Crippen LogP contribution in [0.3, 0.4) is 0 Å². The van der Waals surface area contributed by atoms with Gasteiger partial charge in [0.15, 0.2) is 0 Å². The average molecular weight is 249 g/mol. The average Bonchev–Trinajstić information content (AvgIpc) is 2.41. The lowest BCUT2D eigenvalue weighted by atomic mass is 9.93. The van der Waals surface area contributed by atoms with Gasteiger partial charge in [-0.05, 0) is 18.4 Å². The number of rotatable bonds is 8. The fourth-order valence-corrected chi connectivity index (χ4v) is 1.97. The maximum atomic E-state index is 12.1. The Morgan fingerprint density at radius 2 is 2.06 bits per heavy atom. The van der Waals surface area contributed by atoms with Crippen LogP contribution >= 0.6 is 0 Å². The van der Waals surface area contributed by atoms with E-state index in [0.717, 1.165) is 24.8 Å². The van der Waals surface area contributed by atoms with Crippen molar-refractivity contribution in [2.75, 3.05) is 20.3 Å². The van der Waals surface area contributed by atoms with Crippen LogP contribution in [0.25, 0.3) is 0 Å². The minimum atomic E-state index is -0.0289. The van der Waals surface area contributed by atoms with E-state index < -0.39 is 0 Å². The number of carbonyl (C=O) groups is 1. The zero-order valence-corrected chi connectivity index (χ0v) is 11.3. The van der Waals surface area contributed by atoms with Gasteiger partial charge in [-0.25, -0.2) is 0 Å². The van der Waals surface area contributed by atoms with E-state index in [1.54, 1.807) is 7.11 Å². The number of amides is 1. The molecule has 1 amide bonds. The van der Waals surface area contributed by atoms with Crippen LogP contribution in [0.1, 0.15) is 37.7 Å². The number of benzene rings is 1. The highest BCUT2D eigenvalue weighted by molar-refractivity contribution is 5.83. The Kier molecular flexibility index (Phi) is 7.11. The van der Waals surface area contributed by atoms with E-state index in [9.17, 15) is 4.79 Å². The summed E-state index contributed by atoms with van der Waals surface area (Å²) in [5, 5.41) is 2.98. The second-order valence-electron chi connectivity index (χ2n) is 4.39. The van der Waals surface area contributed by atoms with E-state index in [2.05, 4.69) is 12.2 Å². The van der Waals surface area contributed by atoms with E-state index in [-0.39, 0.29) is 11.8 Å². The molecule has 0 radical (unpaired) electrons. The molecule has 0 fully saturated rings. The van der Waals surface area contributed by atoms with Crippen molar-refractivity contribution >= 4 is 5.91 Å². The first-order chi connectivity index (χ1) is 8.79. The van der Waals surface area contributed by atoms with Gasteiger partial charge in [-0.15, -0.1) is 0 Å². The Balaban J connectivity index is 2.53. The summed E-state index contributed by atoms with van der Waals surface area (Å²) in [6.07, 6.45) is 2.75. The molecule has 1 atom stereocenters. The SMILES string of the molecule is CCC[C@H](C(=O)NCCCOC)c1ccccc1. The third-order valence-electron chi connectivity index (χ3n) is 2.92. The third kappa shape index (κ3) is 4.88. The van der Waals surface area contributed by atoms with Crippen molar-refractivity contribution in [1.82, 2.24) is 5.32 Å². The number of ether oxygens (including phenoxy) is 1. The molecule has 0 aliphatic heterocycles. The highest BCUT2D eigenvalue weighted by Gasteiger charge is 2.18. The maximum absolute atomic E-state index is 12.1. The molecule has 18 heavy (non-hydrogen) atoms. The number of nitrogens with one attached hydrogen (secondary N) is 1. The molecule has 0 saturated heterocycles. The summed E-state index contributed by atoms with van der Waals surface area (Å²) < 4.78 is 4.96. The van der Waals surface area contributed by atoms with Crippen LogP contribution in [0.2, 0.25) is 0 Å². The van der Waals surface area contributed by atoms with Crippen LogP contribution < -0.4 is 5.32 Å². The number of hydrogen-bond acceptors (Lipinski definition) is 2. The largest absolute Gasteiger partial charge is 0.385 e. The first-order valence-electron chi connectivity index (χ1n) is 6.61. The molecule has 0 heterocycles. The zero-order valence-electron chi connectivity index (χ0n) is 11.3. The van der Waals surface area contributed by atoms with E-state index in [1.165, 1.54) is 0 Å². The number of carbonyl (C=O) groups excluding carboxylic acids is 1. The molecule has 1 rings (SSSR count). The fourth-order valence-electron chi connectivity index (χ4n) is 1.97. The van der Waals surface area contributed by atoms with Gasteiger partial charge in [-0.1, -0.05) is 43.7 Å². The standard InChI is InChI=1S/C15H23NO2/c1-3-8-14(13-9-5-4-6-10-13)15(17)16-11-7-12-18-2/h4-6,9-10,14H,3,7-8,11-12H2,1-2H3,(H,16,17)/t14-/m0/s1. The second-order valence-corrected chi connectivity index (χ2v) is 4.39. The molecule has 3 heteroatoms. The summed E-state index contributed by atoms with van der Waals surface area (Å²) in [6.45, 7) is 3.47. The topological polar surface area (TPSA) is 38.3 Å². The maximum Gasteiger partial charge on any atom is 0.227 e. The van der Waals surface area contributed by atoms with Gasteiger partial charge in [0.05, 0.1) is 5.92 Å². The Bertz CT molecular complexity index is 338. The van der Waals surface area contributed by atoms with E-state index in [1.807, 2.05) is 30.3 Å². The normalized spacial score (nSPS) is 12.1. The van der Waals surface area contributed by atoms with Gasteiger partial charge in [0, 0.05) is 20.3 Å². The minimum absolute atomic E-state index is 0.0289.